The first kappa shape index (κ1) is 12.6. The summed E-state index contributed by atoms with van der Waals surface area (Å²) < 4.78 is 37.1. The summed E-state index contributed by atoms with van der Waals surface area (Å²) in [6.45, 7) is 0. The van der Waals surface area contributed by atoms with Crippen molar-refractivity contribution in [1.82, 2.24) is 0 Å². The first-order valence-corrected chi connectivity index (χ1v) is 6.47. The van der Waals surface area contributed by atoms with Gasteiger partial charge >= 0.3 is 5.51 Å². The van der Waals surface area contributed by atoms with Gasteiger partial charge in [0.05, 0.1) is 0 Å². The Morgan fingerprint density at radius 3 is 2.41 bits per heavy atom. The van der Waals surface area contributed by atoms with Gasteiger partial charge in [-0.25, -0.2) is 0 Å². The van der Waals surface area contributed by atoms with Crippen LogP contribution in [-0.2, 0) is 0 Å². The molecule has 0 radical (unpaired) electrons. The van der Waals surface area contributed by atoms with E-state index in [1.54, 1.807) is 18.2 Å². The number of alkyl halides is 3. The minimum atomic E-state index is -4.23. The van der Waals surface area contributed by atoms with E-state index in [1.807, 2.05) is 0 Å². The number of rotatable bonds is 3. The van der Waals surface area contributed by atoms with Gasteiger partial charge in [0.2, 0.25) is 0 Å². The van der Waals surface area contributed by atoms with Crippen molar-refractivity contribution in [2.45, 2.75) is 42.1 Å². The van der Waals surface area contributed by atoms with Gasteiger partial charge in [0.15, 0.2) is 0 Å². The highest BCUT2D eigenvalue weighted by Crippen LogP contribution is 2.40. The Kier molecular flexibility index (Phi) is 3.86. The first-order chi connectivity index (χ1) is 8.04. The Hall–Kier alpha value is -0.840. The van der Waals surface area contributed by atoms with Crippen molar-refractivity contribution in [2.24, 2.45) is 0 Å². The number of nitrogens with one attached hydrogen (secondary N) is 1. The molecule has 1 N–H and O–H groups in total. The Bertz CT molecular complexity index is 372. The SMILES string of the molecule is FC(F)(F)Sc1ccccc1NC1CCCC1. The van der Waals surface area contributed by atoms with Crippen LogP contribution < -0.4 is 5.32 Å². The summed E-state index contributed by atoms with van der Waals surface area (Å²) in [5.74, 6) is 0. The van der Waals surface area contributed by atoms with Crippen LogP contribution in [0.25, 0.3) is 0 Å². The Morgan fingerprint density at radius 2 is 1.76 bits per heavy atom. The smallest absolute Gasteiger partial charge is 0.381 e. The fourth-order valence-corrected chi connectivity index (χ4v) is 2.72. The monoisotopic (exact) mass is 261 g/mol. The quantitative estimate of drug-likeness (QED) is 0.795. The van der Waals surface area contributed by atoms with E-state index in [4.69, 9.17) is 0 Å². The van der Waals surface area contributed by atoms with Crippen LogP contribution in [0.15, 0.2) is 29.2 Å². The fraction of sp³-hybridized carbons (Fsp3) is 0.500. The van der Waals surface area contributed by atoms with Gasteiger partial charge in [0, 0.05) is 16.6 Å². The molecule has 5 heteroatoms. The topological polar surface area (TPSA) is 12.0 Å². The maximum atomic E-state index is 12.4. The zero-order chi connectivity index (χ0) is 12.3. The summed E-state index contributed by atoms with van der Waals surface area (Å²) in [7, 11) is 0. The van der Waals surface area contributed by atoms with E-state index in [1.165, 1.54) is 6.07 Å². The molecule has 0 bridgehead atoms. The molecule has 1 nitrogen and oxygen atoms in total. The van der Waals surface area contributed by atoms with Crippen LogP contribution >= 0.6 is 11.8 Å². The lowest BCUT2D eigenvalue weighted by Crippen LogP contribution is -2.15. The molecular formula is C12H14F3NS. The van der Waals surface area contributed by atoms with Crippen molar-refractivity contribution in [3.63, 3.8) is 0 Å². The van der Waals surface area contributed by atoms with Crippen LogP contribution in [-0.4, -0.2) is 11.6 Å². The summed E-state index contributed by atoms with van der Waals surface area (Å²) in [6.07, 6.45) is 4.41. The molecule has 0 spiro atoms. The highest BCUT2D eigenvalue weighted by atomic mass is 32.2. The van der Waals surface area contributed by atoms with Crippen LogP contribution in [0.2, 0.25) is 0 Å². The van der Waals surface area contributed by atoms with E-state index in [0.717, 1.165) is 25.7 Å². The summed E-state index contributed by atoms with van der Waals surface area (Å²) >= 11 is -0.0518. The third kappa shape index (κ3) is 3.84. The number of anilines is 1. The van der Waals surface area contributed by atoms with Gasteiger partial charge in [-0.05, 0) is 36.7 Å². The van der Waals surface area contributed by atoms with Gasteiger partial charge in [-0.1, -0.05) is 25.0 Å². The van der Waals surface area contributed by atoms with Crippen molar-refractivity contribution in [2.75, 3.05) is 5.32 Å². The van der Waals surface area contributed by atoms with Crippen LogP contribution in [0.4, 0.5) is 18.9 Å². The minimum Gasteiger partial charge on any atom is -0.381 e. The Balaban J connectivity index is 2.09. The number of para-hydroxylation sites is 1. The zero-order valence-electron chi connectivity index (χ0n) is 9.26. The van der Waals surface area contributed by atoms with E-state index < -0.39 is 5.51 Å². The minimum absolute atomic E-state index is 0.0518. The zero-order valence-corrected chi connectivity index (χ0v) is 10.1. The number of hydrogen-bond donors (Lipinski definition) is 1. The second-order valence-corrected chi connectivity index (χ2v) is 5.28. The number of hydrogen-bond acceptors (Lipinski definition) is 2. The van der Waals surface area contributed by atoms with Crippen LogP contribution in [0.3, 0.4) is 0 Å². The molecule has 1 saturated carbocycles. The average molecular weight is 261 g/mol. The van der Waals surface area contributed by atoms with Crippen LogP contribution in [0.5, 0.6) is 0 Å². The predicted octanol–water partition coefficient (Wildman–Crippen LogP) is 4.65. The largest absolute Gasteiger partial charge is 0.446 e. The summed E-state index contributed by atoms with van der Waals surface area (Å²) in [5, 5.41) is 3.21. The van der Waals surface area contributed by atoms with Crippen molar-refractivity contribution in [1.29, 1.82) is 0 Å². The van der Waals surface area contributed by atoms with E-state index in [-0.39, 0.29) is 16.7 Å². The molecule has 0 heterocycles. The molecule has 0 aromatic heterocycles. The van der Waals surface area contributed by atoms with Gasteiger partial charge in [-0.3, -0.25) is 0 Å². The van der Waals surface area contributed by atoms with Gasteiger partial charge in [0.25, 0.3) is 0 Å². The highest BCUT2D eigenvalue weighted by molar-refractivity contribution is 8.00. The van der Waals surface area contributed by atoms with Gasteiger partial charge < -0.3 is 5.32 Å². The molecule has 1 aromatic carbocycles. The van der Waals surface area contributed by atoms with Gasteiger partial charge in [-0.15, -0.1) is 0 Å². The molecular weight excluding hydrogens is 247 g/mol. The molecule has 0 saturated heterocycles. The molecule has 17 heavy (non-hydrogen) atoms. The van der Waals surface area contributed by atoms with Crippen molar-refractivity contribution in [3.05, 3.63) is 24.3 Å². The van der Waals surface area contributed by atoms with Crippen molar-refractivity contribution >= 4 is 17.4 Å². The number of thioether (sulfide) groups is 1. The molecule has 1 aromatic rings. The standard InChI is InChI=1S/C12H14F3NS/c13-12(14,15)17-11-8-4-3-7-10(11)16-9-5-1-2-6-9/h3-4,7-9,16H,1-2,5-6H2. The van der Waals surface area contributed by atoms with Gasteiger partial charge in [0.1, 0.15) is 0 Å². The van der Waals surface area contributed by atoms with Crippen molar-refractivity contribution < 1.29 is 13.2 Å². The number of benzene rings is 1. The van der Waals surface area contributed by atoms with Crippen LogP contribution in [0.1, 0.15) is 25.7 Å². The second-order valence-electron chi connectivity index (χ2n) is 4.17. The molecule has 1 fully saturated rings. The Labute approximate surface area is 103 Å². The molecule has 0 unspecified atom stereocenters. The van der Waals surface area contributed by atoms with E-state index in [9.17, 15) is 13.2 Å². The summed E-state index contributed by atoms with van der Waals surface area (Å²) in [6, 6.07) is 6.94. The molecule has 94 valence electrons. The van der Waals surface area contributed by atoms with Gasteiger partial charge in [-0.2, -0.15) is 13.2 Å². The Morgan fingerprint density at radius 1 is 1.12 bits per heavy atom. The lowest BCUT2D eigenvalue weighted by Gasteiger charge is -2.17. The second kappa shape index (κ2) is 5.21. The fourth-order valence-electron chi connectivity index (χ4n) is 2.09. The normalized spacial score (nSPS) is 17.4. The van der Waals surface area contributed by atoms with E-state index in [2.05, 4.69) is 5.32 Å². The lowest BCUT2D eigenvalue weighted by atomic mass is 10.2. The predicted molar refractivity (Wildman–Crippen MR) is 64.2 cm³/mol. The number of halogens is 3. The third-order valence-electron chi connectivity index (χ3n) is 2.83. The lowest BCUT2D eigenvalue weighted by molar-refractivity contribution is -0.0327. The maximum absolute atomic E-state index is 12.4. The molecule has 2 rings (SSSR count). The van der Waals surface area contributed by atoms with Crippen molar-refractivity contribution in [3.8, 4) is 0 Å². The summed E-state index contributed by atoms with van der Waals surface area (Å²) in [4.78, 5) is 0.256. The average Bonchev–Trinajstić information content (AvgIpc) is 2.71. The molecule has 1 aliphatic carbocycles. The first-order valence-electron chi connectivity index (χ1n) is 5.66. The molecule has 1 aliphatic rings. The third-order valence-corrected chi connectivity index (χ3v) is 3.63. The summed E-state index contributed by atoms with van der Waals surface area (Å²) in [5.41, 5.74) is -3.63. The maximum Gasteiger partial charge on any atom is 0.446 e. The highest BCUT2D eigenvalue weighted by Gasteiger charge is 2.30. The van der Waals surface area contributed by atoms with E-state index in [0.29, 0.717) is 11.7 Å². The molecule has 0 atom stereocenters. The van der Waals surface area contributed by atoms with E-state index >= 15 is 0 Å². The van der Waals surface area contributed by atoms with Crippen LogP contribution in [0, 0.1) is 0 Å². The molecule has 0 aliphatic heterocycles. The molecule has 0 amide bonds.